The maximum absolute atomic E-state index is 9.75. The van der Waals surface area contributed by atoms with Gasteiger partial charge in [-0.3, -0.25) is 0 Å². The van der Waals surface area contributed by atoms with Crippen molar-refractivity contribution in [1.29, 1.82) is 5.26 Å². The zero-order valence-corrected chi connectivity index (χ0v) is 37.3. The van der Waals surface area contributed by atoms with Crippen LogP contribution < -0.4 is 9.80 Å². The third kappa shape index (κ3) is 5.83. The molecule has 3 aliphatic rings. The summed E-state index contributed by atoms with van der Waals surface area (Å²) in [5.41, 5.74) is 20.1. The topological polar surface area (TPSA) is 34.6 Å². The summed E-state index contributed by atoms with van der Waals surface area (Å²) in [7, 11) is 0. The first kappa shape index (κ1) is 38.8. The lowest BCUT2D eigenvalue weighted by molar-refractivity contribution is 0.660. The van der Waals surface area contributed by atoms with Crippen LogP contribution in [0.2, 0.25) is 0 Å². The minimum absolute atomic E-state index is 0.146. The average molecular weight is 851 g/mol. The molecule has 4 nitrogen and oxygen atoms in total. The number of nitrogens with zero attached hydrogens (tertiary/aromatic N) is 4. The van der Waals surface area contributed by atoms with Crippen molar-refractivity contribution in [1.82, 2.24) is 0 Å². The molecule has 9 aromatic rings. The van der Waals surface area contributed by atoms with Crippen molar-refractivity contribution in [2.75, 3.05) is 9.80 Å². The van der Waals surface area contributed by atoms with E-state index in [0.29, 0.717) is 11.3 Å². The lowest BCUT2D eigenvalue weighted by Gasteiger charge is -2.31. The van der Waals surface area contributed by atoms with Gasteiger partial charge in [0.15, 0.2) is 5.69 Å². The summed E-state index contributed by atoms with van der Waals surface area (Å²) < 4.78 is 0. The summed E-state index contributed by atoms with van der Waals surface area (Å²) in [6.07, 6.45) is 0. The summed E-state index contributed by atoms with van der Waals surface area (Å²) in [6.45, 7) is 16.9. The van der Waals surface area contributed by atoms with Crippen LogP contribution in [0.4, 0.5) is 39.8 Å². The predicted molar refractivity (Wildman–Crippen MR) is 269 cm³/mol. The fraction of sp³-hybridized carbons (Fsp3) is 0.100. The molecule has 0 atom stereocenters. The molecule has 65 heavy (non-hydrogen) atoms. The minimum atomic E-state index is -0.156. The van der Waals surface area contributed by atoms with Crippen molar-refractivity contribution in [2.45, 2.75) is 48.3 Å². The number of benzene rings is 9. The van der Waals surface area contributed by atoms with Crippen LogP contribution >= 0.6 is 11.8 Å². The molecule has 1 heterocycles. The monoisotopic (exact) mass is 850 g/mol. The van der Waals surface area contributed by atoms with E-state index in [1.807, 2.05) is 36.0 Å². The Morgan fingerprint density at radius 1 is 0.462 bits per heavy atom. The van der Waals surface area contributed by atoms with Crippen molar-refractivity contribution in [2.24, 2.45) is 0 Å². The molecule has 0 amide bonds. The Morgan fingerprint density at radius 3 is 1.58 bits per heavy atom. The van der Waals surface area contributed by atoms with Crippen LogP contribution in [0, 0.1) is 17.9 Å². The first-order valence-corrected chi connectivity index (χ1v) is 22.9. The van der Waals surface area contributed by atoms with E-state index >= 15 is 0 Å². The van der Waals surface area contributed by atoms with E-state index in [2.05, 4.69) is 206 Å². The summed E-state index contributed by atoms with van der Waals surface area (Å²) >= 11 is 1.82. The maximum Gasteiger partial charge on any atom is 0.187 e. The SMILES string of the molecule is [C-]#[N+]c1ccc(N(c2ccc3c(c2)Sc2cccc4c(N(c5ccc(C#N)cc5)c5ccc6c(c5)C(C)(C)c5ccccc5-6)ccc-3c24)c2ccc3c(c2)C(C)(C)c2ccccc2-3)cc1. The second kappa shape index (κ2) is 14.3. The molecule has 0 N–H and O–H groups in total. The van der Waals surface area contributed by atoms with Gasteiger partial charge in [-0.25, -0.2) is 4.85 Å². The van der Waals surface area contributed by atoms with Gasteiger partial charge in [-0.05, 0) is 141 Å². The Labute approximate surface area is 384 Å². The second-order valence-corrected chi connectivity index (χ2v) is 19.4. The molecular formula is C60H42N4S. The van der Waals surface area contributed by atoms with Gasteiger partial charge in [0.2, 0.25) is 0 Å². The zero-order chi connectivity index (χ0) is 44.2. The van der Waals surface area contributed by atoms with Crippen LogP contribution in [0.25, 0.3) is 49.0 Å². The molecule has 0 saturated heterocycles. The Balaban J connectivity index is 0.987. The zero-order valence-electron chi connectivity index (χ0n) is 36.5. The van der Waals surface area contributed by atoms with Crippen LogP contribution in [-0.2, 0) is 10.8 Å². The fourth-order valence-electron chi connectivity index (χ4n) is 10.8. The first-order valence-electron chi connectivity index (χ1n) is 22.1. The van der Waals surface area contributed by atoms with Gasteiger partial charge in [0.1, 0.15) is 0 Å². The lowest BCUT2D eigenvalue weighted by Crippen LogP contribution is -2.17. The van der Waals surface area contributed by atoms with Gasteiger partial charge in [-0.1, -0.05) is 137 Å². The molecule has 0 saturated carbocycles. The van der Waals surface area contributed by atoms with Gasteiger partial charge in [0, 0.05) is 59.8 Å². The molecule has 0 bridgehead atoms. The summed E-state index contributed by atoms with van der Waals surface area (Å²) in [5, 5.41) is 12.2. The summed E-state index contributed by atoms with van der Waals surface area (Å²) in [6, 6.07) is 67.7. The normalized spacial score (nSPS) is 14.0. The van der Waals surface area contributed by atoms with Crippen molar-refractivity contribution < 1.29 is 0 Å². The molecule has 0 radical (unpaired) electrons. The molecule has 0 spiro atoms. The molecule has 1 aliphatic heterocycles. The van der Waals surface area contributed by atoms with Crippen molar-refractivity contribution in [3.05, 3.63) is 221 Å². The van der Waals surface area contributed by atoms with E-state index in [1.54, 1.807) is 0 Å². The van der Waals surface area contributed by atoms with Gasteiger partial charge in [-0.2, -0.15) is 5.26 Å². The number of anilines is 6. The van der Waals surface area contributed by atoms with Crippen molar-refractivity contribution in [3.8, 4) is 39.4 Å². The molecule has 9 aromatic carbocycles. The first-order chi connectivity index (χ1) is 31.6. The van der Waals surface area contributed by atoms with E-state index < -0.39 is 0 Å². The predicted octanol–water partition coefficient (Wildman–Crippen LogP) is 16.9. The van der Waals surface area contributed by atoms with Crippen molar-refractivity contribution >= 4 is 62.3 Å². The summed E-state index contributed by atoms with van der Waals surface area (Å²) in [4.78, 5) is 10.8. The number of hydrogen-bond acceptors (Lipinski definition) is 4. The van der Waals surface area contributed by atoms with Gasteiger partial charge < -0.3 is 9.80 Å². The highest BCUT2D eigenvalue weighted by Crippen LogP contribution is 2.56. The molecular weight excluding hydrogens is 809 g/mol. The number of fused-ring (bicyclic) bond motifs is 8. The van der Waals surface area contributed by atoms with Gasteiger partial charge in [-0.15, -0.1) is 0 Å². The van der Waals surface area contributed by atoms with Crippen LogP contribution in [0.5, 0.6) is 0 Å². The standard InChI is InChI=1S/C60H42N4S/c1-59(2)51-14-8-6-11-44(51)46-28-25-41(33-53(46)59)63(39-23-19-38(62-5)20-24-39)43-27-30-48-49-31-32-55(50-13-10-16-56(58(49)50)65-57(48)35-43)64(40-21-17-37(36-61)18-22-40)42-26-29-47-45-12-7-9-15-52(45)60(3,4)54(47)34-42/h6-35H,1-4H3. The van der Waals surface area contributed by atoms with Crippen LogP contribution in [-0.4, -0.2) is 0 Å². The lowest BCUT2D eigenvalue weighted by atomic mass is 9.82. The van der Waals surface area contributed by atoms with Crippen LogP contribution in [0.3, 0.4) is 0 Å². The molecule has 0 fully saturated rings. The molecule has 308 valence electrons. The maximum atomic E-state index is 9.75. The smallest absolute Gasteiger partial charge is 0.187 e. The minimum Gasteiger partial charge on any atom is -0.311 e. The Bertz CT molecular complexity index is 3550. The molecule has 0 unspecified atom stereocenters. The summed E-state index contributed by atoms with van der Waals surface area (Å²) in [5.74, 6) is 0. The van der Waals surface area contributed by atoms with Crippen LogP contribution in [0.1, 0.15) is 55.5 Å². The highest BCUT2D eigenvalue weighted by molar-refractivity contribution is 7.99. The highest BCUT2D eigenvalue weighted by Gasteiger charge is 2.37. The van der Waals surface area contributed by atoms with E-state index in [0.717, 1.165) is 39.5 Å². The van der Waals surface area contributed by atoms with Gasteiger partial charge in [0.25, 0.3) is 0 Å². The Kier molecular flexibility index (Phi) is 8.57. The quantitative estimate of drug-likeness (QED) is 0.156. The van der Waals surface area contributed by atoms with E-state index in [1.165, 1.54) is 70.8 Å². The average Bonchev–Trinajstić information content (AvgIpc) is 3.71. The molecule has 0 aromatic heterocycles. The molecule has 2 aliphatic carbocycles. The number of nitriles is 1. The van der Waals surface area contributed by atoms with E-state index in [4.69, 9.17) is 6.57 Å². The van der Waals surface area contributed by atoms with Gasteiger partial charge >= 0.3 is 0 Å². The second-order valence-electron chi connectivity index (χ2n) is 18.4. The van der Waals surface area contributed by atoms with Crippen LogP contribution in [0.15, 0.2) is 192 Å². The molecule has 5 heteroatoms. The van der Waals surface area contributed by atoms with E-state index in [9.17, 15) is 5.26 Å². The Hall–Kier alpha value is -7.83. The van der Waals surface area contributed by atoms with E-state index in [-0.39, 0.29) is 10.8 Å². The number of hydrogen-bond donors (Lipinski definition) is 0. The largest absolute Gasteiger partial charge is 0.311 e. The fourth-order valence-corrected chi connectivity index (χ4v) is 12.0. The third-order valence-corrected chi connectivity index (χ3v) is 15.2. The third-order valence-electron chi connectivity index (χ3n) is 14.1. The number of rotatable bonds is 6. The highest BCUT2D eigenvalue weighted by atomic mass is 32.2. The van der Waals surface area contributed by atoms with Crippen molar-refractivity contribution in [3.63, 3.8) is 0 Å². The molecule has 12 rings (SSSR count). The van der Waals surface area contributed by atoms with Gasteiger partial charge in [0.05, 0.1) is 23.9 Å². The Morgan fingerprint density at radius 2 is 0.969 bits per heavy atom.